The molecule has 0 amide bonds. The van der Waals surface area contributed by atoms with E-state index in [9.17, 15) is 0 Å². The Kier molecular flexibility index (Phi) is 6.98. The van der Waals surface area contributed by atoms with Gasteiger partial charge in [-0.05, 0) is 72.6 Å². The predicted molar refractivity (Wildman–Crippen MR) is 133 cm³/mol. The van der Waals surface area contributed by atoms with E-state index in [2.05, 4.69) is 64.6 Å². The topological polar surface area (TPSA) is 29.0 Å². The number of para-hydroxylation sites is 1. The van der Waals surface area contributed by atoms with Crippen molar-refractivity contribution >= 4 is 28.9 Å². The fourth-order valence-electron chi connectivity index (χ4n) is 3.67. The van der Waals surface area contributed by atoms with E-state index in [4.69, 9.17) is 23.2 Å². The molecule has 0 unspecified atom stereocenters. The molecular formula is C26H25Cl2N3. The lowest BCUT2D eigenvalue weighted by molar-refractivity contribution is 0.703. The molecule has 1 heterocycles. The number of nitrogens with one attached hydrogen (secondary N) is 2. The van der Waals surface area contributed by atoms with Gasteiger partial charge in [-0.25, -0.2) is 0 Å². The number of benzene rings is 3. The molecule has 3 aromatic carbocycles. The van der Waals surface area contributed by atoms with Gasteiger partial charge < -0.3 is 15.2 Å². The van der Waals surface area contributed by atoms with Crippen molar-refractivity contribution in [3.63, 3.8) is 0 Å². The molecule has 4 rings (SSSR count). The number of rotatable bonds is 8. The van der Waals surface area contributed by atoms with Gasteiger partial charge in [0, 0.05) is 46.7 Å². The van der Waals surface area contributed by atoms with Crippen LogP contribution in [-0.4, -0.2) is 17.7 Å². The van der Waals surface area contributed by atoms with E-state index < -0.39 is 0 Å². The fourth-order valence-corrected chi connectivity index (χ4v) is 3.92. The van der Waals surface area contributed by atoms with Gasteiger partial charge in [-0.15, -0.1) is 0 Å². The molecule has 0 spiro atoms. The molecule has 0 radical (unpaired) electrons. The average Bonchev–Trinajstić information content (AvgIpc) is 3.11. The quantitative estimate of drug-likeness (QED) is 0.284. The molecule has 0 atom stereocenters. The number of anilines is 1. The SMILES string of the molecule is Cc1c(CNCCNc2ccccc2)cc(-c2ccc(Cl)cc2)n1-c1ccc(Cl)cc1. The molecule has 31 heavy (non-hydrogen) atoms. The molecular weight excluding hydrogens is 425 g/mol. The first kappa shape index (κ1) is 21.5. The Morgan fingerprint density at radius 2 is 1.42 bits per heavy atom. The van der Waals surface area contributed by atoms with E-state index in [1.54, 1.807) is 0 Å². The highest BCUT2D eigenvalue weighted by Gasteiger charge is 2.15. The van der Waals surface area contributed by atoms with Crippen molar-refractivity contribution < 1.29 is 0 Å². The van der Waals surface area contributed by atoms with Crippen LogP contribution in [0.2, 0.25) is 10.0 Å². The van der Waals surface area contributed by atoms with Crippen molar-refractivity contribution in [2.75, 3.05) is 18.4 Å². The summed E-state index contributed by atoms with van der Waals surface area (Å²) in [5, 5.41) is 8.45. The van der Waals surface area contributed by atoms with Gasteiger partial charge in [-0.2, -0.15) is 0 Å². The second kappa shape index (κ2) is 10.1. The van der Waals surface area contributed by atoms with Gasteiger partial charge >= 0.3 is 0 Å². The first-order chi connectivity index (χ1) is 15.1. The molecule has 0 aliphatic rings. The van der Waals surface area contributed by atoms with Crippen LogP contribution in [0.1, 0.15) is 11.3 Å². The summed E-state index contributed by atoms with van der Waals surface area (Å²) in [7, 11) is 0. The largest absolute Gasteiger partial charge is 0.384 e. The van der Waals surface area contributed by atoms with Crippen molar-refractivity contribution in [2.45, 2.75) is 13.5 Å². The Morgan fingerprint density at radius 1 is 0.774 bits per heavy atom. The van der Waals surface area contributed by atoms with Crippen LogP contribution in [0.3, 0.4) is 0 Å². The molecule has 2 N–H and O–H groups in total. The van der Waals surface area contributed by atoms with Gasteiger partial charge in [0.2, 0.25) is 0 Å². The zero-order valence-electron chi connectivity index (χ0n) is 17.4. The molecule has 0 saturated heterocycles. The molecule has 0 aliphatic carbocycles. The first-order valence-electron chi connectivity index (χ1n) is 10.3. The maximum Gasteiger partial charge on any atom is 0.0534 e. The molecule has 0 fully saturated rings. The summed E-state index contributed by atoms with van der Waals surface area (Å²) in [6, 6.07) is 28.4. The predicted octanol–water partition coefficient (Wildman–Crippen LogP) is 6.96. The summed E-state index contributed by atoms with van der Waals surface area (Å²) in [4.78, 5) is 0. The maximum absolute atomic E-state index is 6.12. The van der Waals surface area contributed by atoms with Gasteiger partial charge in [-0.1, -0.05) is 53.5 Å². The summed E-state index contributed by atoms with van der Waals surface area (Å²) in [5.41, 5.74) is 6.95. The summed E-state index contributed by atoms with van der Waals surface area (Å²) in [6.07, 6.45) is 0. The van der Waals surface area contributed by atoms with E-state index in [-0.39, 0.29) is 0 Å². The summed E-state index contributed by atoms with van der Waals surface area (Å²) in [6.45, 7) is 4.69. The number of aromatic nitrogens is 1. The molecule has 158 valence electrons. The van der Waals surface area contributed by atoms with Crippen LogP contribution >= 0.6 is 23.2 Å². The molecule has 0 aliphatic heterocycles. The Labute approximate surface area is 193 Å². The third kappa shape index (κ3) is 5.31. The fraction of sp³-hybridized carbons (Fsp3) is 0.154. The maximum atomic E-state index is 6.12. The van der Waals surface area contributed by atoms with Gasteiger partial charge in [-0.3, -0.25) is 0 Å². The van der Waals surface area contributed by atoms with Crippen LogP contribution in [0, 0.1) is 6.92 Å². The molecule has 0 bridgehead atoms. The van der Waals surface area contributed by atoms with Crippen molar-refractivity contribution in [3.05, 3.63) is 106 Å². The summed E-state index contributed by atoms with van der Waals surface area (Å²) >= 11 is 12.2. The van der Waals surface area contributed by atoms with Crippen LogP contribution < -0.4 is 10.6 Å². The second-order valence-corrected chi connectivity index (χ2v) is 8.30. The van der Waals surface area contributed by atoms with Crippen LogP contribution in [-0.2, 0) is 6.54 Å². The van der Waals surface area contributed by atoms with Gasteiger partial charge in [0.15, 0.2) is 0 Å². The van der Waals surface area contributed by atoms with Crippen LogP contribution in [0.5, 0.6) is 0 Å². The van der Waals surface area contributed by atoms with Crippen LogP contribution in [0.15, 0.2) is 84.9 Å². The lowest BCUT2D eigenvalue weighted by Crippen LogP contribution is -2.22. The molecule has 0 saturated carbocycles. The Balaban J connectivity index is 1.53. The molecule has 1 aromatic heterocycles. The van der Waals surface area contributed by atoms with Gasteiger partial charge in [0.05, 0.1) is 5.69 Å². The van der Waals surface area contributed by atoms with E-state index in [1.165, 1.54) is 11.3 Å². The standard InChI is InChI=1S/C26H25Cl2N3/c1-19-21(18-29-15-16-30-24-5-3-2-4-6-24)17-26(20-7-9-22(27)10-8-20)31(19)25-13-11-23(28)12-14-25/h2-14,17,29-30H,15-16,18H2,1H3. The minimum absolute atomic E-state index is 0.731. The average molecular weight is 450 g/mol. The Bertz CT molecular complexity index is 1120. The number of nitrogens with zero attached hydrogens (tertiary/aromatic N) is 1. The third-order valence-electron chi connectivity index (χ3n) is 5.30. The molecule has 5 heteroatoms. The summed E-state index contributed by atoms with van der Waals surface area (Å²) < 4.78 is 2.28. The molecule has 3 nitrogen and oxygen atoms in total. The van der Waals surface area contributed by atoms with Gasteiger partial charge in [0.1, 0.15) is 0 Å². The highest BCUT2D eigenvalue weighted by Crippen LogP contribution is 2.30. The number of hydrogen-bond donors (Lipinski definition) is 2. The van der Waals surface area contributed by atoms with E-state index in [0.717, 1.165) is 52.3 Å². The molecule has 4 aromatic rings. The third-order valence-corrected chi connectivity index (χ3v) is 5.80. The van der Waals surface area contributed by atoms with E-state index in [0.29, 0.717) is 0 Å². The van der Waals surface area contributed by atoms with Crippen molar-refractivity contribution in [1.29, 1.82) is 0 Å². The minimum Gasteiger partial charge on any atom is -0.384 e. The number of hydrogen-bond acceptors (Lipinski definition) is 2. The van der Waals surface area contributed by atoms with Crippen LogP contribution in [0.25, 0.3) is 16.9 Å². The minimum atomic E-state index is 0.731. The monoisotopic (exact) mass is 449 g/mol. The van der Waals surface area contributed by atoms with Crippen molar-refractivity contribution in [3.8, 4) is 16.9 Å². The van der Waals surface area contributed by atoms with Crippen LogP contribution in [0.4, 0.5) is 5.69 Å². The highest BCUT2D eigenvalue weighted by atomic mass is 35.5. The Hall–Kier alpha value is -2.72. The zero-order chi connectivity index (χ0) is 21.6. The lowest BCUT2D eigenvalue weighted by atomic mass is 10.1. The van der Waals surface area contributed by atoms with Crippen molar-refractivity contribution in [1.82, 2.24) is 9.88 Å². The van der Waals surface area contributed by atoms with E-state index >= 15 is 0 Å². The summed E-state index contributed by atoms with van der Waals surface area (Å²) in [5.74, 6) is 0. The lowest BCUT2D eigenvalue weighted by Gasteiger charge is -2.13. The van der Waals surface area contributed by atoms with Crippen molar-refractivity contribution in [2.24, 2.45) is 0 Å². The normalized spacial score (nSPS) is 10.9. The first-order valence-corrected chi connectivity index (χ1v) is 11.1. The highest BCUT2D eigenvalue weighted by molar-refractivity contribution is 6.30. The number of halogens is 2. The zero-order valence-corrected chi connectivity index (χ0v) is 18.9. The second-order valence-electron chi connectivity index (χ2n) is 7.43. The van der Waals surface area contributed by atoms with E-state index in [1.807, 2.05) is 42.5 Å². The van der Waals surface area contributed by atoms with Gasteiger partial charge in [0.25, 0.3) is 0 Å². The smallest absolute Gasteiger partial charge is 0.0534 e. The Morgan fingerprint density at radius 3 is 2.10 bits per heavy atom.